The lowest BCUT2D eigenvalue weighted by molar-refractivity contribution is -0.138. The van der Waals surface area contributed by atoms with Gasteiger partial charge in [-0.2, -0.15) is 0 Å². The van der Waals surface area contributed by atoms with Crippen LogP contribution < -0.4 is 0 Å². The van der Waals surface area contributed by atoms with Crippen LogP contribution in [0, 0.1) is 0 Å². The first-order valence-electron chi connectivity index (χ1n) is 6.52. The Morgan fingerprint density at radius 3 is 2.27 bits per heavy atom. The van der Waals surface area contributed by atoms with Crippen molar-refractivity contribution in [3.05, 3.63) is 70.7 Å². The highest BCUT2D eigenvalue weighted by Crippen LogP contribution is 2.29. The molecule has 3 rings (SSSR count). The van der Waals surface area contributed by atoms with Crippen molar-refractivity contribution >= 4 is 29.0 Å². The number of halogens is 1. The average Bonchev–Trinajstić information content (AvgIpc) is 2.73. The molecule has 0 aliphatic carbocycles. The summed E-state index contributed by atoms with van der Waals surface area (Å²) in [5, 5.41) is 10.5. The first-order valence-corrected chi connectivity index (χ1v) is 6.90. The van der Waals surface area contributed by atoms with E-state index in [1.807, 2.05) is 0 Å². The monoisotopic (exact) mass is 314 g/mol. The van der Waals surface area contributed by atoms with Gasteiger partial charge < -0.3 is 5.11 Å². The summed E-state index contributed by atoms with van der Waals surface area (Å²) in [5.74, 6) is -1.77. The maximum Gasteiger partial charge on any atom is 0.296 e. The van der Waals surface area contributed by atoms with Gasteiger partial charge >= 0.3 is 0 Å². The molecule has 0 bridgehead atoms. The number of amides is 2. The molecule has 0 saturated heterocycles. The molecule has 1 aliphatic heterocycles. The molecule has 6 heteroatoms. The molecule has 0 radical (unpaired) electrons. The van der Waals surface area contributed by atoms with Crippen LogP contribution in [-0.4, -0.2) is 26.8 Å². The Morgan fingerprint density at radius 2 is 1.64 bits per heavy atom. The van der Waals surface area contributed by atoms with Gasteiger partial charge in [0, 0.05) is 17.4 Å². The number of nitrogens with zero attached hydrogens (tertiary/aromatic N) is 2. The number of hydrogen-bond donors (Lipinski definition) is 1. The predicted octanol–water partition coefficient (Wildman–Crippen LogP) is 2.57. The Bertz CT molecular complexity index is 770. The maximum absolute atomic E-state index is 12.5. The normalized spacial score (nSPS) is 14.9. The molecule has 1 aliphatic rings. The van der Waals surface area contributed by atoms with Crippen molar-refractivity contribution in [3.8, 4) is 0 Å². The fourth-order valence-corrected chi connectivity index (χ4v) is 2.38. The van der Waals surface area contributed by atoms with Crippen LogP contribution in [0.3, 0.4) is 0 Å². The lowest BCUT2D eigenvalue weighted by Crippen LogP contribution is -2.31. The zero-order valence-electron chi connectivity index (χ0n) is 11.4. The van der Waals surface area contributed by atoms with Gasteiger partial charge in [-0.05, 0) is 35.4 Å². The number of pyridine rings is 1. The van der Waals surface area contributed by atoms with Crippen LogP contribution in [0.1, 0.15) is 11.1 Å². The van der Waals surface area contributed by atoms with Crippen LogP contribution in [0.15, 0.2) is 54.6 Å². The molecule has 2 heterocycles. The van der Waals surface area contributed by atoms with E-state index in [0.29, 0.717) is 10.6 Å². The molecule has 0 atom stereocenters. The zero-order chi connectivity index (χ0) is 15.7. The van der Waals surface area contributed by atoms with Crippen LogP contribution in [0.2, 0.25) is 5.02 Å². The Morgan fingerprint density at radius 1 is 1.00 bits per heavy atom. The highest BCUT2D eigenvalue weighted by molar-refractivity contribution is 6.35. The van der Waals surface area contributed by atoms with Gasteiger partial charge in [0.2, 0.25) is 0 Å². The minimum absolute atomic E-state index is 0.00396. The molecule has 5 nitrogen and oxygen atoms in total. The van der Waals surface area contributed by atoms with Crippen molar-refractivity contribution in [3.63, 3.8) is 0 Å². The van der Waals surface area contributed by atoms with Gasteiger partial charge in [-0.1, -0.05) is 23.7 Å². The summed E-state index contributed by atoms with van der Waals surface area (Å²) in [7, 11) is 0. The van der Waals surface area contributed by atoms with Crippen molar-refractivity contribution in [1.29, 1.82) is 0 Å². The summed E-state index contributed by atoms with van der Waals surface area (Å²) >= 11 is 5.81. The Hall–Kier alpha value is -2.66. The molecule has 0 spiro atoms. The Labute approximate surface area is 131 Å². The van der Waals surface area contributed by atoms with Crippen molar-refractivity contribution < 1.29 is 14.7 Å². The Kier molecular flexibility index (Phi) is 3.65. The van der Waals surface area contributed by atoms with E-state index in [1.165, 1.54) is 0 Å². The lowest BCUT2D eigenvalue weighted by atomic mass is 10.1. The van der Waals surface area contributed by atoms with E-state index in [1.54, 1.807) is 48.8 Å². The summed E-state index contributed by atoms with van der Waals surface area (Å²) in [4.78, 5) is 29.5. The first kappa shape index (κ1) is 14.3. The molecule has 2 aromatic rings. The van der Waals surface area contributed by atoms with E-state index >= 15 is 0 Å². The van der Waals surface area contributed by atoms with Gasteiger partial charge in [0.1, 0.15) is 0 Å². The number of carbonyl (C=O) groups excluding carboxylic acids is 2. The molecular formula is C16H11ClN2O3. The van der Waals surface area contributed by atoms with Gasteiger partial charge in [0.15, 0.2) is 5.76 Å². The molecular weight excluding hydrogens is 304 g/mol. The third-order valence-electron chi connectivity index (χ3n) is 3.37. The molecule has 110 valence electrons. The van der Waals surface area contributed by atoms with Crippen LogP contribution in [0.5, 0.6) is 0 Å². The van der Waals surface area contributed by atoms with Crippen molar-refractivity contribution in [2.24, 2.45) is 0 Å². The van der Waals surface area contributed by atoms with E-state index < -0.39 is 17.6 Å². The summed E-state index contributed by atoms with van der Waals surface area (Å²) in [6.07, 6.45) is 3.15. The van der Waals surface area contributed by atoms with Gasteiger partial charge in [-0.3, -0.25) is 19.5 Å². The average molecular weight is 315 g/mol. The molecule has 2 amide bonds. The Balaban J connectivity index is 1.92. The number of carbonyl (C=O) groups is 2. The summed E-state index contributed by atoms with van der Waals surface area (Å²) in [6, 6.07) is 9.79. The van der Waals surface area contributed by atoms with E-state index in [0.717, 1.165) is 10.5 Å². The minimum atomic E-state index is -0.702. The minimum Gasteiger partial charge on any atom is -0.502 e. The van der Waals surface area contributed by atoms with Crippen molar-refractivity contribution in [1.82, 2.24) is 9.88 Å². The molecule has 0 saturated carbocycles. The summed E-state index contributed by atoms with van der Waals surface area (Å²) in [6.45, 7) is 0.0847. The summed E-state index contributed by atoms with van der Waals surface area (Å²) in [5.41, 5.74) is 1.20. The van der Waals surface area contributed by atoms with E-state index in [9.17, 15) is 14.7 Å². The third kappa shape index (κ3) is 2.46. The standard InChI is InChI=1S/C16H11ClN2O3/c17-12-3-1-11(2-4-12)13-14(20)16(22)19(15(13)21)9-10-5-7-18-8-6-10/h1-8,20H,9H2. The second-order valence-corrected chi connectivity index (χ2v) is 5.22. The molecule has 22 heavy (non-hydrogen) atoms. The number of aromatic nitrogens is 1. The molecule has 0 fully saturated rings. The van der Waals surface area contributed by atoms with Gasteiger partial charge in [-0.25, -0.2) is 0 Å². The topological polar surface area (TPSA) is 70.5 Å². The third-order valence-corrected chi connectivity index (χ3v) is 3.62. The second-order valence-electron chi connectivity index (χ2n) is 4.78. The van der Waals surface area contributed by atoms with Gasteiger partial charge in [0.05, 0.1) is 12.1 Å². The quantitative estimate of drug-likeness (QED) is 0.884. The molecule has 1 aromatic heterocycles. The van der Waals surface area contributed by atoms with Crippen LogP contribution >= 0.6 is 11.6 Å². The predicted molar refractivity (Wildman–Crippen MR) is 80.8 cm³/mol. The fraction of sp³-hybridized carbons (Fsp3) is 0.0625. The number of hydrogen-bond acceptors (Lipinski definition) is 4. The smallest absolute Gasteiger partial charge is 0.296 e. The summed E-state index contributed by atoms with van der Waals surface area (Å²) < 4.78 is 0. The second kappa shape index (κ2) is 5.61. The van der Waals surface area contributed by atoms with Gasteiger partial charge in [-0.15, -0.1) is 0 Å². The first-order chi connectivity index (χ1) is 10.6. The number of rotatable bonds is 3. The molecule has 1 N–H and O–H groups in total. The van der Waals surface area contributed by atoms with Gasteiger partial charge in [0.25, 0.3) is 11.8 Å². The maximum atomic E-state index is 12.5. The van der Waals surface area contributed by atoms with Crippen LogP contribution in [0.4, 0.5) is 0 Å². The van der Waals surface area contributed by atoms with E-state index in [-0.39, 0.29) is 12.1 Å². The highest BCUT2D eigenvalue weighted by atomic mass is 35.5. The van der Waals surface area contributed by atoms with Crippen LogP contribution in [-0.2, 0) is 16.1 Å². The van der Waals surface area contributed by atoms with Crippen LogP contribution in [0.25, 0.3) is 5.57 Å². The number of imide groups is 1. The van der Waals surface area contributed by atoms with E-state index in [4.69, 9.17) is 11.6 Å². The number of benzene rings is 1. The molecule has 1 aromatic carbocycles. The van der Waals surface area contributed by atoms with Crippen molar-refractivity contribution in [2.45, 2.75) is 6.54 Å². The van der Waals surface area contributed by atoms with Crippen molar-refractivity contribution in [2.75, 3.05) is 0 Å². The van der Waals surface area contributed by atoms with E-state index in [2.05, 4.69) is 4.98 Å². The highest BCUT2D eigenvalue weighted by Gasteiger charge is 2.39. The SMILES string of the molecule is O=C1C(O)=C(c2ccc(Cl)cc2)C(=O)N1Cc1ccncc1. The largest absolute Gasteiger partial charge is 0.502 e. The molecule has 0 unspecified atom stereocenters. The number of aliphatic hydroxyl groups is 1. The fourth-order valence-electron chi connectivity index (χ4n) is 2.25. The lowest BCUT2D eigenvalue weighted by Gasteiger charge is -2.14. The zero-order valence-corrected chi connectivity index (χ0v) is 12.1. The number of aliphatic hydroxyl groups excluding tert-OH is 1.